The van der Waals surface area contributed by atoms with Crippen molar-refractivity contribution < 1.29 is 35.8 Å². The minimum Gasteiger partial charge on any atom is -0.445 e. The molecule has 0 atom stereocenters. The van der Waals surface area contributed by atoms with Gasteiger partial charge >= 0.3 is 13.2 Å². The predicted octanol–water partition coefficient (Wildman–Crippen LogP) is 0.346. The van der Waals surface area contributed by atoms with Crippen LogP contribution in [0.4, 0.5) is 26.1 Å². The van der Waals surface area contributed by atoms with E-state index in [1.165, 1.54) is 0 Å². The Kier molecular flexibility index (Phi) is 5.11. The third kappa shape index (κ3) is 6.69. The van der Waals surface area contributed by atoms with Crippen LogP contribution < -0.4 is 10.2 Å². The average Bonchev–Trinajstić information content (AvgIpc) is 2.23. The number of amides is 1. The van der Waals surface area contributed by atoms with Gasteiger partial charge < -0.3 is 23.2 Å². The first-order chi connectivity index (χ1) is 8.57. The number of halogens is 6. The van der Waals surface area contributed by atoms with E-state index in [1.807, 2.05) is 0 Å². The number of carbonyl (C=O) groups excluding carboxylic acids is 1. The molecule has 19 heavy (non-hydrogen) atoms. The van der Waals surface area contributed by atoms with Gasteiger partial charge in [0.1, 0.15) is 6.54 Å². The van der Waals surface area contributed by atoms with Crippen molar-refractivity contribution in [3.63, 3.8) is 0 Å². The molecule has 0 aromatic rings. The topological polar surface area (TPSA) is 33.5 Å². The first-order valence-corrected chi connectivity index (χ1v) is 5.96. The number of nitrogens with one attached hydrogen (secondary N) is 2. The lowest BCUT2D eigenvalue weighted by molar-refractivity contribution is -0.897. The molecule has 0 aromatic carbocycles. The molecule has 0 radical (unpaired) electrons. The van der Waals surface area contributed by atoms with Crippen LogP contribution in [0.15, 0.2) is 0 Å². The molecule has 0 spiro atoms. The van der Waals surface area contributed by atoms with Gasteiger partial charge in [-0.1, -0.05) is 0 Å². The third-order valence-corrected chi connectivity index (χ3v) is 3.05. The number of likely N-dealkylation sites (tertiary alicyclic amines) is 1. The number of piperidine rings is 1. The lowest BCUT2D eigenvalue weighted by atomic mass is 9.88. The molecule has 1 fully saturated rings. The Morgan fingerprint density at radius 1 is 1.21 bits per heavy atom. The molecule has 1 amide bonds. The Balaban J connectivity index is 2.31. The molecule has 0 aliphatic carbocycles. The lowest BCUT2D eigenvalue weighted by Crippen LogP contribution is -3.15. The fourth-order valence-electron chi connectivity index (χ4n) is 2.15. The van der Waals surface area contributed by atoms with Gasteiger partial charge in [0.15, 0.2) is 0 Å². The molecule has 1 heterocycles. The zero-order valence-corrected chi connectivity index (χ0v) is 10.1. The number of rotatable bonds is 4. The van der Waals surface area contributed by atoms with Gasteiger partial charge in [-0.05, 0) is 0 Å². The van der Waals surface area contributed by atoms with Crippen LogP contribution in [-0.4, -0.2) is 45.1 Å². The molecule has 1 rings (SSSR count). The number of hydrogen-bond donors (Lipinski definition) is 2. The molecule has 1 saturated heterocycles. The molecule has 10 heteroatoms. The molecule has 112 valence electrons. The van der Waals surface area contributed by atoms with Crippen molar-refractivity contribution >= 4 is 12.9 Å². The highest BCUT2D eigenvalue weighted by Gasteiger charge is 2.35. The van der Waals surface area contributed by atoms with Gasteiger partial charge in [-0.3, -0.25) is 4.79 Å². The smallest absolute Gasteiger partial charge is 0.445 e. The van der Waals surface area contributed by atoms with E-state index in [2.05, 4.69) is 0 Å². The molecule has 1 aliphatic rings. The van der Waals surface area contributed by atoms with Gasteiger partial charge in [0.25, 0.3) is 0 Å². The Labute approximate surface area is 106 Å². The summed E-state index contributed by atoms with van der Waals surface area (Å²) >= 11 is 0. The van der Waals surface area contributed by atoms with Crippen molar-refractivity contribution in [2.45, 2.75) is 19.0 Å². The van der Waals surface area contributed by atoms with Crippen molar-refractivity contribution in [1.29, 1.82) is 0 Å². The maximum Gasteiger partial charge on any atom is 0.531 e. The van der Waals surface area contributed by atoms with Crippen LogP contribution in [0.1, 0.15) is 12.8 Å². The molecular formula is C9H15BF6N2O. The van der Waals surface area contributed by atoms with E-state index in [0.29, 0.717) is 4.90 Å². The Bertz CT molecular complexity index is 311. The quantitative estimate of drug-likeness (QED) is 0.569. The summed E-state index contributed by atoms with van der Waals surface area (Å²) in [6.07, 6.45) is -5.01. The van der Waals surface area contributed by atoms with Gasteiger partial charge in [0.05, 0.1) is 19.5 Å². The minimum atomic E-state index is -4.87. The highest BCUT2D eigenvalue weighted by molar-refractivity contribution is 6.58. The fraction of sp³-hybridized carbons (Fsp3) is 0.889. The summed E-state index contributed by atoms with van der Waals surface area (Å²) in [6, 6.07) is 0. The van der Waals surface area contributed by atoms with Crippen molar-refractivity contribution in [1.82, 2.24) is 5.32 Å². The van der Waals surface area contributed by atoms with Crippen molar-refractivity contribution in [3.8, 4) is 0 Å². The van der Waals surface area contributed by atoms with Gasteiger partial charge in [-0.25, -0.2) is 0 Å². The summed E-state index contributed by atoms with van der Waals surface area (Å²) in [5.74, 6) is -1.35. The summed E-state index contributed by atoms with van der Waals surface area (Å²) in [5.41, 5.74) is 0. The van der Waals surface area contributed by atoms with Crippen molar-refractivity contribution in [2.24, 2.45) is 5.92 Å². The Morgan fingerprint density at radius 3 is 2.16 bits per heavy atom. The van der Waals surface area contributed by atoms with E-state index in [-0.39, 0.29) is 25.9 Å². The Hall–Kier alpha value is -0.925. The van der Waals surface area contributed by atoms with Gasteiger partial charge in [-0.15, -0.1) is 0 Å². The van der Waals surface area contributed by atoms with E-state index in [9.17, 15) is 30.9 Å². The van der Waals surface area contributed by atoms with Crippen LogP contribution in [0.3, 0.4) is 0 Å². The molecule has 0 aromatic heterocycles. The van der Waals surface area contributed by atoms with E-state index >= 15 is 0 Å². The van der Waals surface area contributed by atoms with Crippen molar-refractivity contribution in [3.05, 3.63) is 0 Å². The molecule has 1 aliphatic heterocycles. The third-order valence-electron chi connectivity index (χ3n) is 3.05. The highest BCUT2D eigenvalue weighted by Crippen LogP contribution is 2.15. The lowest BCUT2D eigenvalue weighted by Gasteiger charge is -2.31. The molecule has 0 bridgehead atoms. The van der Waals surface area contributed by atoms with Crippen LogP contribution in [0, 0.1) is 5.92 Å². The summed E-state index contributed by atoms with van der Waals surface area (Å²) < 4.78 is 72.2. The summed E-state index contributed by atoms with van der Waals surface area (Å²) in [4.78, 5) is 11.7. The van der Waals surface area contributed by atoms with E-state index in [0.717, 1.165) is 0 Å². The Morgan fingerprint density at radius 2 is 1.74 bits per heavy atom. The molecule has 0 unspecified atom stereocenters. The van der Waals surface area contributed by atoms with E-state index in [1.54, 1.807) is 5.32 Å². The fourth-order valence-corrected chi connectivity index (χ4v) is 2.15. The van der Waals surface area contributed by atoms with Crippen LogP contribution in [0.25, 0.3) is 0 Å². The summed E-state index contributed by atoms with van der Waals surface area (Å²) in [6.45, 7) is -5.96. The molecule has 3 nitrogen and oxygen atoms in total. The van der Waals surface area contributed by atoms with Gasteiger partial charge in [-0.2, -0.15) is 13.2 Å². The largest absolute Gasteiger partial charge is 0.531 e. The summed E-state index contributed by atoms with van der Waals surface area (Å²) in [5, 5.41) is 1.76. The first-order valence-electron chi connectivity index (χ1n) is 5.96. The standard InChI is InChI=1S/C9H14BF6N2O/c11-9(12,13)5-17-8(19)7-1-3-18(4-2-7)6-10(14,15)16/h7H,1-6H2,(H,17,19)/q-1/p+1. The van der Waals surface area contributed by atoms with Crippen molar-refractivity contribution in [2.75, 3.05) is 26.1 Å². The number of hydrogen-bond acceptors (Lipinski definition) is 1. The number of alkyl halides is 3. The van der Waals surface area contributed by atoms with Crippen LogP contribution in [-0.2, 0) is 4.79 Å². The average molecular weight is 292 g/mol. The molecule has 0 saturated carbocycles. The normalized spacial score (nSPS) is 25.2. The van der Waals surface area contributed by atoms with E-state index < -0.39 is 38.0 Å². The van der Waals surface area contributed by atoms with Gasteiger partial charge in [0, 0.05) is 18.8 Å². The monoisotopic (exact) mass is 292 g/mol. The molecule has 2 N–H and O–H groups in total. The highest BCUT2D eigenvalue weighted by atomic mass is 19.4. The summed E-state index contributed by atoms with van der Waals surface area (Å²) in [7, 11) is 0. The van der Waals surface area contributed by atoms with E-state index in [4.69, 9.17) is 0 Å². The molecular weight excluding hydrogens is 277 g/mol. The SMILES string of the molecule is O=C(NCC(F)(F)F)C1CC[NH+](C[B-](F)(F)F)CC1. The second kappa shape index (κ2) is 6.02. The predicted molar refractivity (Wildman–Crippen MR) is 56.4 cm³/mol. The second-order valence-corrected chi connectivity index (χ2v) is 4.77. The maximum atomic E-state index is 12.2. The van der Waals surface area contributed by atoms with Crippen LogP contribution >= 0.6 is 0 Å². The van der Waals surface area contributed by atoms with Gasteiger partial charge in [0.2, 0.25) is 5.91 Å². The maximum absolute atomic E-state index is 12.2. The zero-order valence-electron chi connectivity index (χ0n) is 10.1. The number of quaternary nitrogens is 1. The zero-order chi connectivity index (χ0) is 14.7. The second-order valence-electron chi connectivity index (χ2n) is 4.77. The minimum absolute atomic E-state index is 0.158. The first kappa shape index (κ1) is 16.1. The van der Waals surface area contributed by atoms with Crippen LogP contribution in [0.5, 0.6) is 0 Å². The van der Waals surface area contributed by atoms with Crippen LogP contribution in [0.2, 0.25) is 0 Å². The number of carbonyl (C=O) groups is 1.